The molecule has 0 saturated carbocycles. The van der Waals surface area contributed by atoms with Crippen LogP contribution < -0.4 is 21.2 Å². The molecule has 4 heteroatoms. The Labute approximate surface area is 211 Å². The predicted molar refractivity (Wildman–Crippen MR) is 150 cm³/mol. The summed E-state index contributed by atoms with van der Waals surface area (Å²) in [6.45, 7) is -3.37. The van der Waals surface area contributed by atoms with Crippen LogP contribution in [0, 0.1) is 0 Å². The van der Waals surface area contributed by atoms with Crippen molar-refractivity contribution < 1.29 is 9.53 Å². The van der Waals surface area contributed by atoms with Crippen molar-refractivity contribution in [2.45, 2.75) is 12.8 Å². The number of rotatable bonds is 9. The van der Waals surface area contributed by atoms with Crippen molar-refractivity contribution in [1.29, 1.82) is 0 Å². The van der Waals surface area contributed by atoms with Crippen molar-refractivity contribution in [3.05, 3.63) is 121 Å². The number of ether oxygens (including phenoxy) is 1. The summed E-state index contributed by atoms with van der Waals surface area (Å²) in [7, 11) is 1.46. The Kier molecular flexibility index (Phi) is 7.66. The molecule has 0 radical (unpaired) electrons. The first kappa shape index (κ1) is 24.4. The molecule has 0 N–H and O–H groups in total. The fraction of sp³-hybridized carbons (Fsp3) is 0.167. The fourth-order valence-corrected chi connectivity index (χ4v) is 13.0. The zero-order valence-electron chi connectivity index (χ0n) is 19.4. The molecule has 0 aromatic heterocycles. The second-order valence-electron chi connectivity index (χ2n) is 8.44. The fourth-order valence-electron chi connectivity index (χ4n) is 5.35. The SMILES string of the molecule is COC(=O)c1ccccc1P(CCCCBr)(c1ccccc1)(c1ccccc1)c1ccccc1. The molecule has 0 spiro atoms. The summed E-state index contributed by atoms with van der Waals surface area (Å²) >= 11 is 3.65. The van der Waals surface area contributed by atoms with Crippen LogP contribution in [0.5, 0.6) is 0 Å². The average molecular weight is 533 g/mol. The Morgan fingerprint density at radius 2 is 1.12 bits per heavy atom. The van der Waals surface area contributed by atoms with Gasteiger partial charge in [0.05, 0.1) is 0 Å². The van der Waals surface area contributed by atoms with E-state index in [1.807, 2.05) is 12.1 Å². The molecule has 0 amide bonds. The van der Waals surface area contributed by atoms with Gasteiger partial charge in [-0.15, -0.1) is 0 Å². The minimum atomic E-state index is -3.37. The van der Waals surface area contributed by atoms with Gasteiger partial charge in [0.2, 0.25) is 0 Å². The Hall–Kier alpha value is -2.74. The predicted octanol–water partition coefficient (Wildman–Crippen LogP) is 5.80. The number of halogens is 1. The molecule has 0 heterocycles. The molecule has 0 aliphatic heterocycles. The normalized spacial score (nSPS) is 12.5. The van der Waals surface area contributed by atoms with Gasteiger partial charge in [-0.3, -0.25) is 0 Å². The second kappa shape index (κ2) is 10.7. The van der Waals surface area contributed by atoms with Gasteiger partial charge in [-0.25, -0.2) is 0 Å². The number of hydrogen-bond acceptors (Lipinski definition) is 2. The van der Waals surface area contributed by atoms with E-state index in [4.69, 9.17) is 4.74 Å². The minimum absolute atomic E-state index is 0.298. The topological polar surface area (TPSA) is 26.3 Å². The van der Waals surface area contributed by atoms with Gasteiger partial charge in [0, 0.05) is 0 Å². The van der Waals surface area contributed by atoms with Gasteiger partial charge in [0.1, 0.15) is 0 Å². The van der Waals surface area contributed by atoms with E-state index >= 15 is 0 Å². The molecule has 174 valence electrons. The van der Waals surface area contributed by atoms with Crippen LogP contribution in [0.25, 0.3) is 0 Å². The van der Waals surface area contributed by atoms with Crippen molar-refractivity contribution in [1.82, 2.24) is 0 Å². The molecule has 0 aliphatic carbocycles. The van der Waals surface area contributed by atoms with Gasteiger partial charge in [0.15, 0.2) is 0 Å². The standard InChI is InChI=1S/C30H30BrO2P/c1-33-30(32)28-21-11-12-22-29(28)34(24-14-13-23-31,25-15-5-2-6-16-25,26-17-7-3-8-18-26)27-19-9-4-10-20-27/h2-12,15-22H,13-14,23-24H2,1H3. The summed E-state index contributed by atoms with van der Waals surface area (Å²) in [5.74, 6) is -0.298. The number of carbonyl (C=O) groups excluding carboxylic acids is 1. The van der Waals surface area contributed by atoms with Crippen molar-refractivity contribution in [2.24, 2.45) is 0 Å². The zero-order chi connectivity index (χ0) is 23.9. The maximum absolute atomic E-state index is 13.2. The van der Waals surface area contributed by atoms with Gasteiger partial charge in [-0.05, 0) is 0 Å². The van der Waals surface area contributed by atoms with Crippen molar-refractivity contribution in [3.63, 3.8) is 0 Å². The van der Waals surface area contributed by atoms with Crippen LogP contribution in [0.4, 0.5) is 0 Å². The summed E-state index contributed by atoms with van der Waals surface area (Å²) in [6, 6.07) is 40.5. The molecule has 4 aromatic rings. The molecule has 0 atom stereocenters. The van der Waals surface area contributed by atoms with E-state index in [0.717, 1.165) is 29.6 Å². The summed E-state index contributed by atoms with van der Waals surface area (Å²) in [6.07, 6.45) is 2.98. The van der Waals surface area contributed by atoms with Gasteiger partial charge in [-0.2, -0.15) is 0 Å². The molecular formula is C30H30BrO2P. The van der Waals surface area contributed by atoms with Crippen LogP contribution in [0.1, 0.15) is 23.2 Å². The van der Waals surface area contributed by atoms with Crippen LogP contribution in [-0.4, -0.2) is 24.6 Å². The maximum atomic E-state index is 13.2. The van der Waals surface area contributed by atoms with E-state index in [1.54, 1.807) is 0 Å². The molecule has 0 bridgehead atoms. The number of unbranched alkanes of at least 4 members (excludes halogenated alkanes) is 1. The van der Waals surface area contributed by atoms with Crippen molar-refractivity contribution in [2.75, 3.05) is 18.6 Å². The van der Waals surface area contributed by atoms with E-state index in [9.17, 15) is 4.79 Å². The van der Waals surface area contributed by atoms with Crippen molar-refractivity contribution >= 4 is 49.7 Å². The first-order valence-corrected chi connectivity index (χ1v) is 15.1. The van der Waals surface area contributed by atoms with Crippen LogP contribution in [0.2, 0.25) is 0 Å². The van der Waals surface area contributed by atoms with Gasteiger partial charge < -0.3 is 0 Å². The summed E-state index contributed by atoms with van der Waals surface area (Å²) in [5, 5.41) is 5.79. The third kappa shape index (κ3) is 3.91. The monoisotopic (exact) mass is 532 g/mol. The molecule has 2 nitrogen and oxygen atoms in total. The van der Waals surface area contributed by atoms with Gasteiger partial charge in [0.25, 0.3) is 0 Å². The average Bonchev–Trinajstić information content (AvgIpc) is 2.93. The number of carbonyl (C=O) groups is 1. The number of methoxy groups -OCH3 is 1. The zero-order valence-corrected chi connectivity index (χ0v) is 21.9. The van der Waals surface area contributed by atoms with E-state index in [2.05, 4.69) is 119 Å². The van der Waals surface area contributed by atoms with E-state index < -0.39 is 6.60 Å². The Morgan fingerprint density at radius 3 is 1.56 bits per heavy atom. The van der Waals surface area contributed by atoms with Crippen LogP contribution in [0.15, 0.2) is 115 Å². The van der Waals surface area contributed by atoms with Crippen LogP contribution in [0.3, 0.4) is 0 Å². The van der Waals surface area contributed by atoms with E-state index in [-0.39, 0.29) is 5.97 Å². The van der Waals surface area contributed by atoms with Gasteiger partial charge in [-0.1, -0.05) is 0 Å². The molecule has 0 saturated heterocycles. The number of esters is 1. The van der Waals surface area contributed by atoms with Crippen molar-refractivity contribution in [3.8, 4) is 0 Å². The molecule has 34 heavy (non-hydrogen) atoms. The molecule has 4 rings (SSSR count). The van der Waals surface area contributed by atoms with Gasteiger partial charge >= 0.3 is 212 Å². The Morgan fingerprint density at radius 1 is 0.676 bits per heavy atom. The molecule has 0 unspecified atom stereocenters. The third-order valence-corrected chi connectivity index (χ3v) is 14.3. The first-order chi connectivity index (χ1) is 16.7. The number of alkyl halides is 1. The number of hydrogen-bond donors (Lipinski definition) is 0. The van der Waals surface area contributed by atoms with E-state index in [0.29, 0.717) is 5.56 Å². The Balaban J connectivity index is 2.29. The molecule has 0 fully saturated rings. The molecule has 4 aromatic carbocycles. The summed E-state index contributed by atoms with van der Waals surface area (Å²) in [4.78, 5) is 13.2. The first-order valence-electron chi connectivity index (χ1n) is 11.6. The summed E-state index contributed by atoms with van der Waals surface area (Å²) < 4.78 is 5.32. The number of benzene rings is 4. The third-order valence-electron chi connectivity index (χ3n) is 6.81. The van der Waals surface area contributed by atoms with Crippen LogP contribution in [-0.2, 0) is 4.74 Å². The van der Waals surface area contributed by atoms with E-state index in [1.165, 1.54) is 23.0 Å². The molecule has 0 aliphatic rings. The summed E-state index contributed by atoms with van der Waals surface area (Å²) in [5.41, 5.74) is 0.637. The molecular weight excluding hydrogens is 503 g/mol. The Bertz CT molecular complexity index is 1130. The quantitative estimate of drug-likeness (QED) is 0.118. The second-order valence-corrected chi connectivity index (χ2v) is 14.3. The van der Waals surface area contributed by atoms with Crippen LogP contribution >= 0.6 is 22.5 Å².